The number of hydrogen-bond acceptors (Lipinski definition) is 6. The summed E-state index contributed by atoms with van der Waals surface area (Å²) in [7, 11) is 1.35. The van der Waals surface area contributed by atoms with E-state index in [-0.39, 0.29) is 18.2 Å². The Labute approximate surface area is 160 Å². The Morgan fingerprint density at radius 1 is 1.11 bits per heavy atom. The molecule has 2 rings (SSSR count). The number of carbonyl (C=O) groups is 3. The fourth-order valence-electron chi connectivity index (χ4n) is 3.64. The molecule has 0 unspecified atom stereocenters. The highest BCUT2D eigenvalue weighted by atomic mass is 16.6. The van der Waals surface area contributed by atoms with Gasteiger partial charge in [-0.1, -0.05) is 32.6 Å². The van der Waals surface area contributed by atoms with Crippen molar-refractivity contribution in [3.8, 4) is 0 Å². The molecular formula is C19H32N2O6. The molecule has 1 saturated heterocycles. The maximum absolute atomic E-state index is 12.6. The summed E-state index contributed by atoms with van der Waals surface area (Å²) < 4.78 is 15.6. The third-order valence-electron chi connectivity index (χ3n) is 5.32. The number of esters is 1. The fourth-order valence-corrected chi connectivity index (χ4v) is 3.64. The second-order valence-electron chi connectivity index (χ2n) is 7.32. The number of alkyl carbamates (subject to hydrolysis) is 1. The van der Waals surface area contributed by atoms with Crippen LogP contribution >= 0.6 is 0 Å². The predicted octanol–water partition coefficient (Wildman–Crippen LogP) is 2.99. The monoisotopic (exact) mass is 384 g/mol. The lowest BCUT2D eigenvalue weighted by atomic mass is 9.82. The largest absolute Gasteiger partial charge is 0.464 e. The molecule has 0 aromatic carbocycles. The fraction of sp³-hybridized carbons (Fsp3) is 0.842. The molecule has 1 aliphatic carbocycles. The summed E-state index contributed by atoms with van der Waals surface area (Å²) in [6.07, 6.45) is 5.59. The maximum Gasteiger partial charge on any atom is 0.409 e. The zero-order chi connectivity index (χ0) is 19.7. The minimum atomic E-state index is -0.976. The zero-order valence-corrected chi connectivity index (χ0v) is 16.5. The Hall–Kier alpha value is -1.99. The van der Waals surface area contributed by atoms with E-state index in [9.17, 15) is 14.4 Å². The van der Waals surface area contributed by atoms with Crippen molar-refractivity contribution in [3.05, 3.63) is 0 Å². The van der Waals surface area contributed by atoms with Crippen LogP contribution in [0.15, 0.2) is 0 Å². The molecule has 1 N–H and O–H groups in total. The number of hydrogen-bond donors (Lipinski definition) is 1. The van der Waals surface area contributed by atoms with Gasteiger partial charge in [0.2, 0.25) is 0 Å². The van der Waals surface area contributed by atoms with Gasteiger partial charge in [-0.15, -0.1) is 0 Å². The van der Waals surface area contributed by atoms with Gasteiger partial charge >= 0.3 is 18.2 Å². The van der Waals surface area contributed by atoms with E-state index in [2.05, 4.69) is 5.32 Å². The number of likely N-dealkylation sites (tertiary alicyclic amines) is 1. The molecule has 1 saturated carbocycles. The summed E-state index contributed by atoms with van der Waals surface area (Å²) >= 11 is 0. The van der Waals surface area contributed by atoms with Crippen molar-refractivity contribution in [2.75, 3.05) is 26.8 Å². The van der Waals surface area contributed by atoms with E-state index >= 15 is 0 Å². The number of nitrogens with one attached hydrogen (secondary N) is 1. The van der Waals surface area contributed by atoms with Crippen molar-refractivity contribution in [3.63, 3.8) is 0 Å². The van der Waals surface area contributed by atoms with Gasteiger partial charge in [0.15, 0.2) is 0 Å². The molecule has 1 aliphatic heterocycles. The van der Waals surface area contributed by atoms with E-state index in [1.165, 1.54) is 7.11 Å². The summed E-state index contributed by atoms with van der Waals surface area (Å²) in [6, 6.07) is 0. The average molecular weight is 384 g/mol. The van der Waals surface area contributed by atoms with E-state index in [4.69, 9.17) is 14.2 Å². The van der Waals surface area contributed by atoms with Crippen LogP contribution in [0.1, 0.15) is 64.7 Å². The Bertz CT molecular complexity index is 510. The number of carbonyl (C=O) groups excluding carboxylic acids is 3. The van der Waals surface area contributed by atoms with Crippen LogP contribution < -0.4 is 5.32 Å². The standard InChI is InChI=1S/C19H32N2O6/c1-3-4-14-26-16(22)19(10-6-5-7-11-19)20-17(23)27-15-8-12-21(13-9-15)18(24)25-2/h15H,3-14H2,1-2H3,(H,20,23). The Morgan fingerprint density at radius 3 is 2.37 bits per heavy atom. The van der Waals surface area contributed by atoms with E-state index in [0.717, 1.165) is 32.1 Å². The number of rotatable bonds is 6. The highest BCUT2D eigenvalue weighted by molar-refractivity contribution is 5.86. The molecule has 8 nitrogen and oxygen atoms in total. The third-order valence-corrected chi connectivity index (χ3v) is 5.32. The van der Waals surface area contributed by atoms with Gasteiger partial charge in [0.25, 0.3) is 0 Å². The van der Waals surface area contributed by atoms with Crippen LogP contribution in [0.2, 0.25) is 0 Å². The topological polar surface area (TPSA) is 94.2 Å². The number of ether oxygens (including phenoxy) is 3. The van der Waals surface area contributed by atoms with Crippen LogP contribution in [0.25, 0.3) is 0 Å². The normalized spacial score (nSPS) is 19.9. The molecular weight excluding hydrogens is 352 g/mol. The molecule has 154 valence electrons. The number of unbranched alkanes of at least 4 members (excludes halogenated alkanes) is 1. The van der Waals surface area contributed by atoms with E-state index in [1.807, 2.05) is 6.92 Å². The first kappa shape index (κ1) is 21.3. The third kappa shape index (κ3) is 6.01. The van der Waals surface area contributed by atoms with E-state index in [0.29, 0.717) is 45.4 Å². The van der Waals surface area contributed by atoms with Crippen molar-refractivity contribution in [2.45, 2.75) is 76.4 Å². The van der Waals surface area contributed by atoms with Gasteiger partial charge in [0, 0.05) is 25.9 Å². The summed E-state index contributed by atoms with van der Waals surface area (Å²) in [5.74, 6) is -0.354. The van der Waals surface area contributed by atoms with Gasteiger partial charge in [0.05, 0.1) is 13.7 Å². The van der Waals surface area contributed by atoms with Crippen molar-refractivity contribution in [2.24, 2.45) is 0 Å². The molecule has 0 bridgehead atoms. The average Bonchev–Trinajstić information content (AvgIpc) is 2.68. The predicted molar refractivity (Wildman–Crippen MR) is 98.3 cm³/mol. The number of methoxy groups -OCH3 is 1. The minimum Gasteiger partial charge on any atom is -0.464 e. The van der Waals surface area contributed by atoms with Gasteiger partial charge in [-0.2, -0.15) is 0 Å². The molecule has 2 fully saturated rings. The van der Waals surface area contributed by atoms with Crippen molar-refractivity contribution in [1.29, 1.82) is 0 Å². The molecule has 0 spiro atoms. The molecule has 27 heavy (non-hydrogen) atoms. The number of nitrogens with zero attached hydrogens (tertiary/aromatic N) is 1. The first-order valence-corrected chi connectivity index (χ1v) is 9.99. The van der Waals surface area contributed by atoms with Crippen molar-refractivity contribution < 1.29 is 28.6 Å². The van der Waals surface area contributed by atoms with Crippen LogP contribution in [-0.2, 0) is 19.0 Å². The van der Waals surface area contributed by atoms with Crippen LogP contribution in [0.4, 0.5) is 9.59 Å². The van der Waals surface area contributed by atoms with E-state index in [1.54, 1.807) is 4.90 Å². The molecule has 1 heterocycles. The number of amides is 2. The van der Waals surface area contributed by atoms with Gasteiger partial charge < -0.3 is 24.4 Å². The molecule has 0 aromatic heterocycles. The van der Waals surface area contributed by atoms with Gasteiger partial charge in [-0.25, -0.2) is 14.4 Å². The summed E-state index contributed by atoms with van der Waals surface area (Å²) in [5.41, 5.74) is -0.976. The molecule has 0 aromatic rings. The van der Waals surface area contributed by atoms with Gasteiger partial charge in [-0.05, 0) is 19.3 Å². The SMILES string of the molecule is CCCCOC(=O)C1(NC(=O)OC2CCN(C(=O)OC)CC2)CCCCC1. The molecule has 2 aliphatic rings. The van der Waals surface area contributed by atoms with Crippen LogP contribution in [0, 0.1) is 0 Å². The lowest BCUT2D eigenvalue weighted by molar-refractivity contribution is -0.153. The van der Waals surface area contributed by atoms with Crippen molar-refractivity contribution in [1.82, 2.24) is 10.2 Å². The summed E-state index contributed by atoms with van der Waals surface area (Å²) in [4.78, 5) is 38.2. The van der Waals surface area contributed by atoms with Crippen molar-refractivity contribution >= 4 is 18.2 Å². The van der Waals surface area contributed by atoms with Gasteiger partial charge in [-0.3, -0.25) is 0 Å². The first-order chi connectivity index (χ1) is 13.0. The second-order valence-corrected chi connectivity index (χ2v) is 7.32. The second kappa shape index (κ2) is 10.4. The first-order valence-electron chi connectivity index (χ1n) is 9.99. The Morgan fingerprint density at radius 2 is 1.78 bits per heavy atom. The summed E-state index contributed by atoms with van der Waals surface area (Å²) in [6.45, 7) is 3.37. The maximum atomic E-state index is 12.6. The Balaban J connectivity index is 1.87. The Kier molecular flexibility index (Phi) is 8.19. The lowest BCUT2D eigenvalue weighted by Gasteiger charge is -2.36. The molecule has 2 amide bonds. The van der Waals surface area contributed by atoms with Crippen LogP contribution in [0.3, 0.4) is 0 Å². The van der Waals surface area contributed by atoms with Gasteiger partial charge in [0.1, 0.15) is 11.6 Å². The highest BCUT2D eigenvalue weighted by Gasteiger charge is 2.43. The summed E-state index contributed by atoms with van der Waals surface area (Å²) in [5, 5.41) is 2.81. The molecule has 0 radical (unpaired) electrons. The lowest BCUT2D eigenvalue weighted by Crippen LogP contribution is -2.57. The van der Waals surface area contributed by atoms with Crippen LogP contribution in [-0.4, -0.2) is 61.5 Å². The highest BCUT2D eigenvalue weighted by Crippen LogP contribution is 2.30. The van der Waals surface area contributed by atoms with Crippen LogP contribution in [0.5, 0.6) is 0 Å². The number of piperidine rings is 1. The zero-order valence-electron chi connectivity index (χ0n) is 16.5. The quantitative estimate of drug-likeness (QED) is 0.430. The smallest absolute Gasteiger partial charge is 0.409 e. The minimum absolute atomic E-state index is 0.275. The van der Waals surface area contributed by atoms with E-state index < -0.39 is 11.6 Å². The molecule has 0 atom stereocenters. The molecule has 8 heteroatoms.